The summed E-state index contributed by atoms with van der Waals surface area (Å²) in [6, 6.07) is 1.80. The van der Waals surface area contributed by atoms with E-state index in [1.807, 2.05) is 0 Å². The van der Waals surface area contributed by atoms with Crippen molar-refractivity contribution in [1.29, 1.82) is 0 Å². The number of halogens is 1. The minimum atomic E-state index is -0.466. The number of carbonyl (C=O) groups is 1. The van der Waals surface area contributed by atoms with Crippen LogP contribution < -0.4 is 0 Å². The molecule has 1 rings (SSSR count). The molecule has 0 amide bonds. The van der Waals surface area contributed by atoms with Gasteiger partial charge in [-0.1, -0.05) is 0 Å². The van der Waals surface area contributed by atoms with Crippen molar-refractivity contribution in [3.8, 4) is 0 Å². The summed E-state index contributed by atoms with van der Waals surface area (Å²) in [6.45, 7) is 0. The van der Waals surface area contributed by atoms with Crippen LogP contribution in [0, 0.1) is 0 Å². The summed E-state index contributed by atoms with van der Waals surface area (Å²) < 4.78 is 10.4. The van der Waals surface area contributed by atoms with Crippen LogP contribution in [0.2, 0.25) is 0 Å². The molecule has 0 aliphatic heterocycles. The van der Waals surface area contributed by atoms with E-state index in [0.717, 1.165) is 4.47 Å². The Morgan fingerprint density at radius 3 is 2.67 bits per heavy atom. The van der Waals surface area contributed by atoms with Crippen molar-refractivity contribution in [3.05, 3.63) is 34.6 Å². The Hall–Kier alpha value is -1.36. The summed E-state index contributed by atoms with van der Waals surface area (Å²) in [7, 11) is 2.79. The van der Waals surface area contributed by atoms with Gasteiger partial charge in [0, 0.05) is 22.4 Å². The standard InChI is InChI=1S/C10H10BrNO3/c1-14-9(4-10(13)15-2)7-3-8(11)6-12-5-7/h3-6H,1-2H3/b9-4+. The van der Waals surface area contributed by atoms with Crippen LogP contribution in [0.25, 0.3) is 5.76 Å². The molecular formula is C10H10BrNO3. The number of pyridine rings is 1. The van der Waals surface area contributed by atoms with Gasteiger partial charge in [-0.05, 0) is 22.0 Å². The molecule has 0 saturated carbocycles. The van der Waals surface area contributed by atoms with E-state index < -0.39 is 5.97 Å². The number of ether oxygens (including phenoxy) is 2. The SMILES string of the molecule is COC(=O)/C=C(/OC)c1cncc(Br)c1. The van der Waals surface area contributed by atoms with Crippen molar-refractivity contribution >= 4 is 27.7 Å². The van der Waals surface area contributed by atoms with Gasteiger partial charge >= 0.3 is 5.97 Å². The molecule has 1 aromatic heterocycles. The van der Waals surface area contributed by atoms with E-state index in [4.69, 9.17) is 4.74 Å². The maximum atomic E-state index is 11.0. The molecule has 15 heavy (non-hydrogen) atoms. The van der Waals surface area contributed by atoms with Gasteiger partial charge in [0.2, 0.25) is 0 Å². The Morgan fingerprint density at radius 2 is 2.13 bits per heavy atom. The van der Waals surface area contributed by atoms with Crippen LogP contribution in [0.1, 0.15) is 5.56 Å². The van der Waals surface area contributed by atoms with Crippen LogP contribution >= 0.6 is 15.9 Å². The van der Waals surface area contributed by atoms with E-state index in [0.29, 0.717) is 11.3 Å². The monoisotopic (exact) mass is 271 g/mol. The average Bonchev–Trinajstić information content (AvgIpc) is 2.25. The van der Waals surface area contributed by atoms with Crippen LogP contribution in [0.5, 0.6) is 0 Å². The quantitative estimate of drug-likeness (QED) is 0.479. The number of esters is 1. The predicted molar refractivity (Wildman–Crippen MR) is 58.9 cm³/mol. The molecule has 0 spiro atoms. The molecule has 0 aromatic carbocycles. The first-order valence-corrected chi connectivity index (χ1v) is 4.91. The largest absolute Gasteiger partial charge is 0.496 e. The van der Waals surface area contributed by atoms with E-state index >= 15 is 0 Å². The Labute approximate surface area is 96.0 Å². The maximum Gasteiger partial charge on any atom is 0.334 e. The van der Waals surface area contributed by atoms with Gasteiger partial charge in [0.15, 0.2) is 0 Å². The van der Waals surface area contributed by atoms with Crippen molar-refractivity contribution in [1.82, 2.24) is 4.98 Å². The number of carbonyl (C=O) groups excluding carboxylic acids is 1. The second-order valence-corrected chi connectivity index (χ2v) is 3.54. The highest BCUT2D eigenvalue weighted by Gasteiger charge is 2.05. The molecule has 0 aliphatic rings. The number of hydrogen-bond donors (Lipinski definition) is 0. The normalized spacial score (nSPS) is 11.0. The highest BCUT2D eigenvalue weighted by molar-refractivity contribution is 9.10. The molecule has 0 saturated heterocycles. The second-order valence-electron chi connectivity index (χ2n) is 2.63. The van der Waals surface area contributed by atoms with E-state index in [9.17, 15) is 4.79 Å². The van der Waals surface area contributed by atoms with E-state index in [1.54, 1.807) is 18.5 Å². The third-order valence-corrected chi connectivity index (χ3v) is 2.09. The Kier molecular flexibility index (Phi) is 4.30. The number of methoxy groups -OCH3 is 2. The molecule has 0 radical (unpaired) electrons. The summed E-state index contributed by atoms with van der Waals surface area (Å²) in [5.74, 6) is -0.0533. The lowest BCUT2D eigenvalue weighted by Crippen LogP contribution is -1.98. The van der Waals surface area contributed by atoms with Gasteiger partial charge in [-0.3, -0.25) is 4.98 Å². The summed E-state index contributed by atoms with van der Waals surface area (Å²) in [6.07, 6.45) is 4.52. The van der Waals surface area contributed by atoms with E-state index in [1.165, 1.54) is 20.3 Å². The number of nitrogens with zero attached hydrogens (tertiary/aromatic N) is 1. The third kappa shape index (κ3) is 3.36. The lowest BCUT2D eigenvalue weighted by Gasteiger charge is -2.05. The number of rotatable bonds is 3. The van der Waals surface area contributed by atoms with E-state index in [-0.39, 0.29) is 0 Å². The summed E-state index contributed by atoms with van der Waals surface area (Å²) in [4.78, 5) is 15.0. The van der Waals surface area contributed by atoms with Crippen LogP contribution in [-0.2, 0) is 14.3 Å². The number of hydrogen-bond acceptors (Lipinski definition) is 4. The van der Waals surface area contributed by atoms with Crippen molar-refractivity contribution in [3.63, 3.8) is 0 Å². The van der Waals surface area contributed by atoms with Gasteiger partial charge < -0.3 is 9.47 Å². The predicted octanol–water partition coefficient (Wildman–Crippen LogP) is 2.00. The maximum absolute atomic E-state index is 11.0. The van der Waals surface area contributed by atoms with Gasteiger partial charge in [-0.2, -0.15) is 0 Å². The zero-order valence-corrected chi connectivity index (χ0v) is 9.95. The number of aromatic nitrogens is 1. The lowest BCUT2D eigenvalue weighted by molar-refractivity contribution is -0.134. The molecule has 0 aliphatic carbocycles. The molecule has 5 heteroatoms. The highest BCUT2D eigenvalue weighted by atomic mass is 79.9. The molecule has 1 heterocycles. The minimum absolute atomic E-state index is 0.413. The average molecular weight is 272 g/mol. The molecular weight excluding hydrogens is 262 g/mol. The summed E-state index contributed by atoms with van der Waals surface area (Å²) in [5, 5.41) is 0. The van der Waals surface area contributed by atoms with Crippen LogP contribution in [-0.4, -0.2) is 25.2 Å². The van der Waals surface area contributed by atoms with Crippen molar-refractivity contribution in [2.75, 3.05) is 14.2 Å². The van der Waals surface area contributed by atoms with Gasteiger partial charge in [-0.25, -0.2) is 4.79 Å². The molecule has 0 N–H and O–H groups in total. The van der Waals surface area contributed by atoms with Gasteiger partial charge in [0.25, 0.3) is 0 Å². The fourth-order valence-corrected chi connectivity index (χ4v) is 1.34. The van der Waals surface area contributed by atoms with Crippen LogP contribution in [0.4, 0.5) is 0 Å². The molecule has 0 fully saturated rings. The topological polar surface area (TPSA) is 48.4 Å². The highest BCUT2D eigenvalue weighted by Crippen LogP contribution is 2.18. The van der Waals surface area contributed by atoms with Gasteiger partial charge in [0.05, 0.1) is 20.3 Å². The molecule has 0 unspecified atom stereocenters. The first-order valence-electron chi connectivity index (χ1n) is 4.12. The first kappa shape index (κ1) is 11.7. The van der Waals surface area contributed by atoms with E-state index in [2.05, 4.69) is 25.7 Å². The Balaban J connectivity index is 3.02. The lowest BCUT2D eigenvalue weighted by atomic mass is 10.2. The fraction of sp³-hybridized carbons (Fsp3) is 0.200. The molecule has 0 bridgehead atoms. The molecule has 4 nitrogen and oxygen atoms in total. The molecule has 0 atom stereocenters. The summed E-state index contributed by atoms with van der Waals surface area (Å²) >= 11 is 3.28. The van der Waals surface area contributed by atoms with Gasteiger partial charge in [0.1, 0.15) is 5.76 Å². The van der Waals surface area contributed by atoms with Gasteiger partial charge in [-0.15, -0.1) is 0 Å². The minimum Gasteiger partial charge on any atom is -0.496 e. The second kappa shape index (κ2) is 5.50. The van der Waals surface area contributed by atoms with Crippen molar-refractivity contribution < 1.29 is 14.3 Å². The van der Waals surface area contributed by atoms with Crippen LogP contribution in [0.3, 0.4) is 0 Å². The fourth-order valence-electron chi connectivity index (χ4n) is 0.973. The summed E-state index contributed by atoms with van der Waals surface area (Å²) in [5.41, 5.74) is 0.706. The zero-order valence-electron chi connectivity index (χ0n) is 8.36. The zero-order chi connectivity index (χ0) is 11.3. The molecule has 80 valence electrons. The first-order chi connectivity index (χ1) is 7.17. The van der Waals surface area contributed by atoms with Crippen molar-refractivity contribution in [2.24, 2.45) is 0 Å². The Bertz CT molecular complexity index is 390. The third-order valence-electron chi connectivity index (χ3n) is 1.66. The van der Waals surface area contributed by atoms with Crippen molar-refractivity contribution in [2.45, 2.75) is 0 Å². The van der Waals surface area contributed by atoms with Crippen LogP contribution in [0.15, 0.2) is 29.0 Å². The Morgan fingerprint density at radius 1 is 1.40 bits per heavy atom. The smallest absolute Gasteiger partial charge is 0.334 e. The molecule has 1 aromatic rings.